The van der Waals surface area contributed by atoms with E-state index in [-0.39, 0.29) is 17.4 Å². The maximum atomic E-state index is 13.3. The molecule has 180 valence electrons. The van der Waals surface area contributed by atoms with Gasteiger partial charge in [0.25, 0.3) is 11.7 Å². The van der Waals surface area contributed by atoms with E-state index in [1.54, 1.807) is 42.5 Å². The molecule has 1 N–H and O–H groups in total. The number of ether oxygens (including phenoxy) is 2. The van der Waals surface area contributed by atoms with Crippen LogP contribution in [-0.4, -0.2) is 29.5 Å². The van der Waals surface area contributed by atoms with Crippen LogP contribution in [0.4, 0.5) is 5.69 Å². The Balaban J connectivity index is 1.89. The first-order valence-corrected chi connectivity index (χ1v) is 11.7. The number of aliphatic hydroxyl groups excluding tert-OH is 1. The van der Waals surface area contributed by atoms with Gasteiger partial charge in [0.05, 0.1) is 24.3 Å². The Hall–Kier alpha value is -4.06. The van der Waals surface area contributed by atoms with Gasteiger partial charge in [-0.3, -0.25) is 14.5 Å². The third-order valence-electron chi connectivity index (χ3n) is 5.74. The minimum atomic E-state index is -0.829. The highest BCUT2D eigenvalue weighted by atomic mass is 16.5. The van der Waals surface area contributed by atoms with Crippen LogP contribution in [0.25, 0.3) is 5.76 Å². The molecule has 1 atom stereocenters. The molecule has 6 heteroatoms. The van der Waals surface area contributed by atoms with E-state index in [2.05, 4.69) is 0 Å². The molecule has 35 heavy (non-hydrogen) atoms. The highest BCUT2D eigenvalue weighted by Gasteiger charge is 2.47. The van der Waals surface area contributed by atoms with E-state index >= 15 is 0 Å². The van der Waals surface area contributed by atoms with Crippen molar-refractivity contribution in [2.24, 2.45) is 0 Å². The van der Waals surface area contributed by atoms with Crippen LogP contribution in [-0.2, 0) is 9.59 Å². The van der Waals surface area contributed by atoms with Crippen LogP contribution in [0.3, 0.4) is 0 Å². The van der Waals surface area contributed by atoms with Crippen LogP contribution < -0.4 is 14.4 Å². The number of benzene rings is 3. The van der Waals surface area contributed by atoms with E-state index in [1.807, 2.05) is 58.0 Å². The van der Waals surface area contributed by atoms with Crippen LogP contribution >= 0.6 is 0 Å². The largest absolute Gasteiger partial charge is 0.507 e. The summed E-state index contributed by atoms with van der Waals surface area (Å²) in [5.74, 6) is -0.376. The van der Waals surface area contributed by atoms with E-state index in [9.17, 15) is 14.7 Å². The maximum absolute atomic E-state index is 13.3. The number of carbonyl (C=O) groups excluding carboxylic acids is 2. The number of carbonyl (C=O) groups is 2. The molecular weight excluding hydrogens is 442 g/mol. The molecule has 1 aliphatic rings. The molecule has 3 aromatic rings. The quantitative estimate of drug-likeness (QED) is 0.267. The Morgan fingerprint density at radius 2 is 1.66 bits per heavy atom. The molecule has 1 saturated heterocycles. The molecule has 1 fully saturated rings. The van der Waals surface area contributed by atoms with Crippen molar-refractivity contribution >= 4 is 23.1 Å². The molecule has 0 aromatic heterocycles. The first-order valence-electron chi connectivity index (χ1n) is 11.7. The van der Waals surface area contributed by atoms with Gasteiger partial charge < -0.3 is 14.6 Å². The molecule has 1 aliphatic heterocycles. The number of Topliss-reactive ketones (excluding diaryl/α,β-unsaturated/α-hetero) is 1. The number of aryl methyl sites for hydroxylation is 1. The van der Waals surface area contributed by atoms with Crippen molar-refractivity contribution in [3.05, 3.63) is 95.1 Å². The Morgan fingerprint density at radius 1 is 0.971 bits per heavy atom. The van der Waals surface area contributed by atoms with Gasteiger partial charge in [-0.15, -0.1) is 0 Å². The molecule has 6 nitrogen and oxygen atoms in total. The van der Waals surface area contributed by atoms with Crippen molar-refractivity contribution in [2.75, 3.05) is 11.5 Å². The summed E-state index contributed by atoms with van der Waals surface area (Å²) in [5, 5.41) is 11.3. The zero-order valence-electron chi connectivity index (χ0n) is 20.3. The number of anilines is 1. The fraction of sp³-hybridized carbons (Fsp3) is 0.241. The first-order chi connectivity index (χ1) is 16.8. The Bertz CT molecular complexity index is 1260. The third kappa shape index (κ3) is 4.92. The van der Waals surface area contributed by atoms with E-state index < -0.39 is 17.7 Å². The summed E-state index contributed by atoms with van der Waals surface area (Å²) < 4.78 is 11.4. The number of hydrogen-bond donors (Lipinski definition) is 1. The minimum Gasteiger partial charge on any atom is -0.507 e. The zero-order valence-corrected chi connectivity index (χ0v) is 20.3. The SMILES string of the molecule is CCOc1ccc(N2C(=O)C(=O)/C(=C(\O)c3ccc(C)cc3)C2c2cccc(OC(C)C)c2)cc1. The molecule has 1 amide bonds. The van der Waals surface area contributed by atoms with Crippen molar-refractivity contribution in [1.29, 1.82) is 0 Å². The van der Waals surface area contributed by atoms with Crippen LogP contribution in [0.15, 0.2) is 78.4 Å². The molecule has 0 saturated carbocycles. The summed E-state index contributed by atoms with van der Waals surface area (Å²) in [7, 11) is 0. The standard InChI is InChI=1S/C29H29NO5/c1-5-34-23-15-13-22(14-16-23)30-26(21-7-6-8-24(17-21)35-18(2)3)25(28(32)29(30)33)27(31)20-11-9-19(4)10-12-20/h6-18,26,31H,5H2,1-4H3/b27-25-. The smallest absolute Gasteiger partial charge is 0.300 e. The number of amides is 1. The summed E-state index contributed by atoms with van der Waals surface area (Å²) in [6.45, 7) is 8.20. The maximum Gasteiger partial charge on any atom is 0.300 e. The average Bonchev–Trinajstić information content (AvgIpc) is 3.10. The summed E-state index contributed by atoms with van der Waals surface area (Å²) in [5.41, 5.74) is 2.71. The van der Waals surface area contributed by atoms with E-state index in [1.165, 1.54) is 4.90 Å². The third-order valence-corrected chi connectivity index (χ3v) is 5.74. The van der Waals surface area contributed by atoms with E-state index in [0.29, 0.717) is 34.9 Å². The van der Waals surface area contributed by atoms with Gasteiger partial charge in [-0.1, -0.05) is 42.0 Å². The molecule has 1 heterocycles. The molecule has 1 unspecified atom stereocenters. The lowest BCUT2D eigenvalue weighted by atomic mass is 9.94. The highest BCUT2D eigenvalue weighted by molar-refractivity contribution is 6.51. The van der Waals surface area contributed by atoms with E-state index in [0.717, 1.165) is 5.56 Å². The van der Waals surface area contributed by atoms with Crippen molar-refractivity contribution in [2.45, 2.75) is 39.8 Å². The average molecular weight is 472 g/mol. The van der Waals surface area contributed by atoms with Crippen molar-refractivity contribution in [3.8, 4) is 11.5 Å². The van der Waals surface area contributed by atoms with Gasteiger partial charge in [-0.2, -0.15) is 0 Å². The van der Waals surface area contributed by atoms with Gasteiger partial charge in [0.1, 0.15) is 17.3 Å². The van der Waals surface area contributed by atoms with Gasteiger partial charge in [-0.25, -0.2) is 0 Å². The van der Waals surface area contributed by atoms with Crippen molar-refractivity contribution in [3.63, 3.8) is 0 Å². The van der Waals surface area contributed by atoms with Crippen molar-refractivity contribution < 1.29 is 24.2 Å². The second kappa shape index (κ2) is 10.1. The van der Waals surface area contributed by atoms with Gasteiger partial charge in [-0.05, 0) is 69.7 Å². The van der Waals surface area contributed by atoms with Gasteiger partial charge in [0.15, 0.2) is 0 Å². The first kappa shape index (κ1) is 24.1. The molecule has 3 aromatic carbocycles. The summed E-state index contributed by atoms with van der Waals surface area (Å²) in [6.07, 6.45) is -0.0460. The van der Waals surface area contributed by atoms with Gasteiger partial charge in [0.2, 0.25) is 0 Å². The minimum absolute atomic E-state index is 0.0365. The number of nitrogens with zero attached hydrogens (tertiary/aromatic N) is 1. The molecule has 4 rings (SSSR count). The molecule has 0 radical (unpaired) electrons. The molecule has 0 bridgehead atoms. The fourth-order valence-electron chi connectivity index (χ4n) is 4.18. The zero-order chi connectivity index (χ0) is 25.1. The Labute approximate surface area is 205 Å². The lowest BCUT2D eigenvalue weighted by molar-refractivity contribution is -0.132. The molecular formula is C29H29NO5. The van der Waals surface area contributed by atoms with Crippen LogP contribution in [0.2, 0.25) is 0 Å². The molecule has 0 aliphatic carbocycles. The van der Waals surface area contributed by atoms with Crippen molar-refractivity contribution in [1.82, 2.24) is 0 Å². The van der Waals surface area contributed by atoms with Crippen LogP contribution in [0.1, 0.15) is 43.5 Å². The van der Waals surface area contributed by atoms with Crippen LogP contribution in [0, 0.1) is 6.92 Å². The summed E-state index contributed by atoms with van der Waals surface area (Å²) in [6, 6.07) is 20.6. The Morgan fingerprint density at radius 3 is 2.29 bits per heavy atom. The van der Waals surface area contributed by atoms with Crippen LogP contribution in [0.5, 0.6) is 11.5 Å². The number of aliphatic hydroxyl groups is 1. The number of rotatable bonds is 7. The van der Waals surface area contributed by atoms with E-state index in [4.69, 9.17) is 9.47 Å². The lowest BCUT2D eigenvalue weighted by Crippen LogP contribution is -2.29. The monoisotopic (exact) mass is 471 g/mol. The second-order valence-electron chi connectivity index (χ2n) is 8.70. The number of ketones is 1. The summed E-state index contributed by atoms with van der Waals surface area (Å²) >= 11 is 0. The summed E-state index contributed by atoms with van der Waals surface area (Å²) in [4.78, 5) is 28.1. The van der Waals surface area contributed by atoms with Gasteiger partial charge in [0, 0.05) is 11.3 Å². The Kier molecular flexibility index (Phi) is 6.92. The topological polar surface area (TPSA) is 76.1 Å². The number of hydrogen-bond acceptors (Lipinski definition) is 5. The molecule has 0 spiro atoms. The highest BCUT2D eigenvalue weighted by Crippen LogP contribution is 2.43. The van der Waals surface area contributed by atoms with Gasteiger partial charge >= 0.3 is 0 Å². The predicted octanol–water partition coefficient (Wildman–Crippen LogP) is 5.81. The normalized spacial score (nSPS) is 17.2. The predicted molar refractivity (Wildman–Crippen MR) is 136 cm³/mol. The second-order valence-corrected chi connectivity index (χ2v) is 8.70. The lowest BCUT2D eigenvalue weighted by Gasteiger charge is -2.26. The fourth-order valence-corrected chi connectivity index (χ4v) is 4.18.